The number of rotatable bonds is 14. The third-order valence-electron chi connectivity index (χ3n) is 5.48. The molecule has 2 rings (SSSR count). The van der Waals surface area contributed by atoms with E-state index >= 15 is 0 Å². The molecule has 0 aliphatic rings. The summed E-state index contributed by atoms with van der Waals surface area (Å²) in [7, 11) is 0. The number of benzene rings is 2. The number of carbonyl (C=O) groups is 1. The lowest BCUT2D eigenvalue weighted by molar-refractivity contribution is -0.185. The molecule has 0 amide bonds. The molecule has 1 atom stereocenters. The highest BCUT2D eigenvalue weighted by Crippen LogP contribution is 2.32. The van der Waals surface area contributed by atoms with Gasteiger partial charge in [0.2, 0.25) is 0 Å². The van der Waals surface area contributed by atoms with Gasteiger partial charge >= 0.3 is 12.1 Å². The Morgan fingerprint density at radius 2 is 1.67 bits per heavy atom. The molecule has 2 aromatic rings. The van der Waals surface area contributed by atoms with Gasteiger partial charge in [0.25, 0.3) is 0 Å². The van der Waals surface area contributed by atoms with Crippen LogP contribution in [-0.4, -0.2) is 24.3 Å². The summed E-state index contributed by atoms with van der Waals surface area (Å²) in [6.45, 7) is 7.45. The van der Waals surface area contributed by atoms with Crippen molar-refractivity contribution in [1.29, 1.82) is 0 Å². The Bertz CT molecular complexity index is 876. The SMILES string of the molecule is C=C(CC)C(=O)OCC(CO)Cc1ccc(OC(F)(F)c2ccc(CCCCC)cc2)cc1. The van der Waals surface area contributed by atoms with Gasteiger partial charge in [0.15, 0.2) is 0 Å². The van der Waals surface area contributed by atoms with Crippen LogP contribution in [0.2, 0.25) is 0 Å². The van der Waals surface area contributed by atoms with Crippen LogP contribution in [0.15, 0.2) is 60.7 Å². The van der Waals surface area contributed by atoms with Crippen molar-refractivity contribution in [1.82, 2.24) is 0 Å². The van der Waals surface area contributed by atoms with Crippen LogP contribution < -0.4 is 4.74 Å². The average molecular weight is 461 g/mol. The maximum Gasteiger partial charge on any atom is 0.426 e. The molecule has 0 saturated heterocycles. The molecule has 0 spiro atoms. The average Bonchev–Trinajstić information content (AvgIpc) is 2.82. The number of aliphatic hydroxyl groups is 1. The Hall–Kier alpha value is -2.73. The molecular formula is C27H34F2O4. The molecule has 0 aromatic heterocycles. The van der Waals surface area contributed by atoms with Crippen molar-refractivity contribution in [2.45, 2.75) is 58.5 Å². The summed E-state index contributed by atoms with van der Waals surface area (Å²) in [5, 5.41) is 9.57. The number of halogens is 2. The van der Waals surface area contributed by atoms with E-state index < -0.39 is 12.1 Å². The second-order valence-electron chi connectivity index (χ2n) is 8.23. The van der Waals surface area contributed by atoms with Gasteiger partial charge in [0.05, 0.1) is 12.2 Å². The number of esters is 1. The minimum Gasteiger partial charge on any atom is -0.462 e. The van der Waals surface area contributed by atoms with Crippen molar-refractivity contribution in [3.63, 3.8) is 0 Å². The van der Waals surface area contributed by atoms with E-state index in [2.05, 4.69) is 13.5 Å². The second kappa shape index (κ2) is 13.1. The van der Waals surface area contributed by atoms with Gasteiger partial charge in [-0.15, -0.1) is 0 Å². The lowest BCUT2D eigenvalue weighted by Gasteiger charge is -2.19. The number of ether oxygens (including phenoxy) is 2. The van der Waals surface area contributed by atoms with E-state index in [0.717, 1.165) is 36.8 Å². The Morgan fingerprint density at radius 1 is 1.03 bits per heavy atom. The summed E-state index contributed by atoms with van der Waals surface area (Å²) in [5.74, 6) is -0.736. The van der Waals surface area contributed by atoms with Crippen LogP contribution in [-0.2, 0) is 28.5 Å². The van der Waals surface area contributed by atoms with Crippen molar-refractivity contribution in [2.24, 2.45) is 5.92 Å². The number of unbranched alkanes of at least 4 members (excludes halogenated alkanes) is 2. The van der Waals surface area contributed by atoms with Gasteiger partial charge in [0, 0.05) is 18.1 Å². The van der Waals surface area contributed by atoms with Crippen molar-refractivity contribution in [2.75, 3.05) is 13.2 Å². The van der Waals surface area contributed by atoms with Gasteiger partial charge in [-0.1, -0.05) is 57.5 Å². The molecule has 0 fully saturated rings. The Morgan fingerprint density at radius 3 is 2.24 bits per heavy atom. The van der Waals surface area contributed by atoms with E-state index in [4.69, 9.17) is 9.47 Å². The molecule has 0 bridgehead atoms. The van der Waals surface area contributed by atoms with E-state index in [1.165, 1.54) is 24.3 Å². The zero-order valence-electron chi connectivity index (χ0n) is 19.5. The molecule has 2 aromatic carbocycles. The fourth-order valence-corrected chi connectivity index (χ4v) is 3.29. The van der Waals surface area contributed by atoms with E-state index in [1.54, 1.807) is 24.3 Å². The van der Waals surface area contributed by atoms with E-state index in [1.807, 2.05) is 6.92 Å². The molecule has 6 heteroatoms. The summed E-state index contributed by atoms with van der Waals surface area (Å²) < 4.78 is 39.4. The molecule has 0 aliphatic heterocycles. The number of hydrogen-bond acceptors (Lipinski definition) is 4. The van der Waals surface area contributed by atoms with Crippen LogP contribution in [0.1, 0.15) is 56.2 Å². The second-order valence-corrected chi connectivity index (χ2v) is 8.23. The van der Waals surface area contributed by atoms with Gasteiger partial charge in [-0.2, -0.15) is 8.78 Å². The zero-order valence-corrected chi connectivity index (χ0v) is 19.5. The predicted molar refractivity (Wildman–Crippen MR) is 125 cm³/mol. The summed E-state index contributed by atoms with van der Waals surface area (Å²) >= 11 is 0. The lowest BCUT2D eigenvalue weighted by atomic mass is 10.0. The van der Waals surface area contributed by atoms with Gasteiger partial charge < -0.3 is 14.6 Å². The fourth-order valence-electron chi connectivity index (χ4n) is 3.29. The fraction of sp³-hybridized carbons (Fsp3) is 0.444. The molecule has 0 radical (unpaired) electrons. The molecule has 1 N–H and O–H groups in total. The first-order valence-electron chi connectivity index (χ1n) is 11.5. The van der Waals surface area contributed by atoms with Gasteiger partial charge in [-0.25, -0.2) is 4.79 Å². The van der Waals surface area contributed by atoms with Crippen molar-refractivity contribution >= 4 is 5.97 Å². The number of hydrogen-bond donors (Lipinski definition) is 1. The first-order chi connectivity index (χ1) is 15.8. The molecular weight excluding hydrogens is 426 g/mol. The van der Waals surface area contributed by atoms with Crippen LogP contribution >= 0.6 is 0 Å². The predicted octanol–water partition coefficient (Wildman–Crippen LogP) is 6.21. The first kappa shape index (κ1) is 26.5. The Labute approximate surface area is 195 Å². The highest BCUT2D eigenvalue weighted by Gasteiger charge is 2.34. The largest absolute Gasteiger partial charge is 0.462 e. The van der Waals surface area contributed by atoms with Crippen molar-refractivity contribution in [3.05, 3.63) is 77.4 Å². The minimum absolute atomic E-state index is 0.0435. The molecule has 0 saturated carbocycles. The smallest absolute Gasteiger partial charge is 0.426 e. The molecule has 0 aliphatic carbocycles. The molecule has 0 heterocycles. The van der Waals surface area contributed by atoms with E-state index in [9.17, 15) is 18.7 Å². The summed E-state index contributed by atoms with van der Waals surface area (Å²) in [4.78, 5) is 11.7. The standard InChI is InChI=1S/C27H34F2O4/c1-4-6-7-8-21-9-13-24(14-10-21)27(28,29)33-25-15-11-22(12-16-25)17-23(18-30)19-32-26(31)20(3)5-2/h9-16,23,30H,3-8,17-19H2,1-2H3. The van der Waals surface area contributed by atoms with E-state index in [-0.39, 0.29) is 30.4 Å². The molecule has 180 valence electrons. The van der Waals surface area contributed by atoms with Crippen LogP contribution in [0, 0.1) is 5.92 Å². The molecule has 33 heavy (non-hydrogen) atoms. The van der Waals surface area contributed by atoms with Gasteiger partial charge in [-0.05, 0) is 61.1 Å². The van der Waals surface area contributed by atoms with Crippen LogP contribution in [0.25, 0.3) is 0 Å². The number of aryl methyl sites for hydroxylation is 1. The summed E-state index contributed by atoms with van der Waals surface area (Å²) in [5.41, 5.74) is 2.03. The summed E-state index contributed by atoms with van der Waals surface area (Å²) in [6.07, 6.45) is 1.64. The van der Waals surface area contributed by atoms with Gasteiger partial charge in [-0.3, -0.25) is 0 Å². The Balaban J connectivity index is 1.93. The van der Waals surface area contributed by atoms with Crippen LogP contribution in [0.3, 0.4) is 0 Å². The minimum atomic E-state index is -3.45. The monoisotopic (exact) mass is 460 g/mol. The number of alkyl halides is 2. The Kier molecular flexibility index (Phi) is 10.5. The van der Waals surface area contributed by atoms with Crippen LogP contribution in [0.5, 0.6) is 5.75 Å². The van der Waals surface area contributed by atoms with Crippen molar-refractivity contribution < 1.29 is 28.2 Å². The van der Waals surface area contributed by atoms with Crippen molar-refractivity contribution in [3.8, 4) is 5.75 Å². The normalized spacial score (nSPS) is 12.3. The highest BCUT2D eigenvalue weighted by atomic mass is 19.3. The third kappa shape index (κ3) is 8.61. The maximum absolute atomic E-state index is 14.6. The lowest BCUT2D eigenvalue weighted by Crippen LogP contribution is -2.22. The van der Waals surface area contributed by atoms with Crippen LogP contribution in [0.4, 0.5) is 8.78 Å². The molecule has 4 nitrogen and oxygen atoms in total. The highest BCUT2D eigenvalue weighted by molar-refractivity contribution is 5.87. The maximum atomic E-state index is 14.6. The molecule has 1 unspecified atom stereocenters. The third-order valence-corrected chi connectivity index (χ3v) is 5.48. The topological polar surface area (TPSA) is 55.8 Å². The van der Waals surface area contributed by atoms with E-state index in [0.29, 0.717) is 18.4 Å². The zero-order chi connectivity index (χ0) is 24.3. The first-order valence-corrected chi connectivity index (χ1v) is 11.5. The quantitative estimate of drug-likeness (QED) is 0.207. The summed E-state index contributed by atoms with van der Waals surface area (Å²) in [6, 6.07) is 12.6. The van der Waals surface area contributed by atoms with Gasteiger partial charge in [0.1, 0.15) is 5.75 Å². The number of aliphatic hydroxyl groups excluding tert-OH is 1. The number of carbonyl (C=O) groups excluding carboxylic acids is 1.